The van der Waals surface area contributed by atoms with Crippen molar-refractivity contribution in [3.05, 3.63) is 86.7 Å². The van der Waals surface area contributed by atoms with Gasteiger partial charge in [0.1, 0.15) is 16.5 Å². The molecule has 2 aromatic carbocycles. The van der Waals surface area contributed by atoms with E-state index in [1.165, 1.54) is 24.1 Å². The molecule has 1 aromatic heterocycles. The van der Waals surface area contributed by atoms with E-state index >= 15 is 0 Å². The van der Waals surface area contributed by atoms with E-state index in [1.807, 2.05) is 26.0 Å². The minimum atomic E-state index is -1.04. The standard InChI is InChI=1S/C27H25FN2O5S/c1-13(2)16-8-10-17(11-9-16)21-20(22(31)18-7-6-14(3)19(28)12-18)23(32)25(33)30(21)27-29-15(4)24(36-27)26(34)35-5/h6-13,21,31H,1-5H3/b22-20+. The molecule has 3 aromatic rings. The molecule has 7 nitrogen and oxygen atoms in total. The van der Waals surface area contributed by atoms with Crippen LogP contribution in [0.3, 0.4) is 0 Å². The molecule has 1 atom stereocenters. The Bertz CT molecular complexity index is 1410. The van der Waals surface area contributed by atoms with E-state index in [1.54, 1.807) is 26.0 Å². The van der Waals surface area contributed by atoms with Crippen molar-refractivity contribution in [2.45, 2.75) is 39.7 Å². The van der Waals surface area contributed by atoms with E-state index in [-0.39, 0.29) is 27.1 Å². The van der Waals surface area contributed by atoms with Gasteiger partial charge in [0, 0.05) is 5.56 Å². The number of methoxy groups -OCH3 is 1. The number of aryl methyl sites for hydroxylation is 2. The molecule has 1 amide bonds. The highest BCUT2D eigenvalue weighted by Gasteiger charge is 2.48. The summed E-state index contributed by atoms with van der Waals surface area (Å²) < 4.78 is 19.1. The molecule has 0 aliphatic carbocycles. The van der Waals surface area contributed by atoms with Gasteiger partial charge in [0.25, 0.3) is 5.78 Å². The van der Waals surface area contributed by atoms with Crippen LogP contribution in [0, 0.1) is 19.7 Å². The molecular formula is C27H25FN2O5S. The molecule has 1 fully saturated rings. The van der Waals surface area contributed by atoms with Crippen LogP contribution >= 0.6 is 11.3 Å². The van der Waals surface area contributed by atoms with Crippen molar-refractivity contribution in [2.24, 2.45) is 0 Å². The van der Waals surface area contributed by atoms with E-state index in [9.17, 15) is 23.9 Å². The summed E-state index contributed by atoms with van der Waals surface area (Å²) in [6.07, 6.45) is 0. The van der Waals surface area contributed by atoms with Crippen LogP contribution in [0.15, 0.2) is 48.0 Å². The number of benzene rings is 2. The number of carbonyl (C=O) groups is 3. The van der Waals surface area contributed by atoms with Crippen LogP contribution in [-0.4, -0.2) is 34.9 Å². The first-order valence-electron chi connectivity index (χ1n) is 11.3. The number of rotatable bonds is 5. The molecule has 186 valence electrons. The number of esters is 1. The Hall–Kier alpha value is -3.85. The largest absolute Gasteiger partial charge is 0.507 e. The average molecular weight is 509 g/mol. The van der Waals surface area contributed by atoms with Crippen LogP contribution in [0.25, 0.3) is 5.76 Å². The number of carbonyl (C=O) groups excluding carboxylic acids is 3. The lowest BCUT2D eigenvalue weighted by atomic mass is 9.93. The third-order valence-electron chi connectivity index (χ3n) is 6.17. The smallest absolute Gasteiger partial charge is 0.350 e. The third kappa shape index (κ3) is 4.30. The number of Topliss-reactive ketones (excluding diaryl/α,β-unsaturated/α-hetero) is 1. The number of amides is 1. The van der Waals surface area contributed by atoms with E-state index in [0.29, 0.717) is 16.8 Å². The van der Waals surface area contributed by atoms with E-state index in [0.717, 1.165) is 23.0 Å². The number of ketones is 1. The quantitative estimate of drug-likeness (QED) is 0.214. The summed E-state index contributed by atoms with van der Waals surface area (Å²) in [7, 11) is 1.24. The number of ether oxygens (including phenoxy) is 1. The van der Waals surface area contributed by atoms with Crippen molar-refractivity contribution >= 4 is 39.9 Å². The summed E-state index contributed by atoms with van der Waals surface area (Å²) in [4.78, 5) is 44.5. The number of halogens is 1. The molecule has 0 spiro atoms. The normalized spacial score (nSPS) is 17.2. The molecule has 1 unspecified atom stereocenters. The topological polar surface area (TPSA) is 96.8 Å². The van der Waals surface area contributed by atoms with Gasteiger partial charge in [-0.15, -0.1) is 0 Å². The lowest BCUT2D eigenvalue weighted by Crippen LogP contribution is -2.29. The number of anilines is 1. The second-order valence-corrected chi connectivity index (χ2v) is 9.83. The summed E-state index contributed by atoms with van der Waals surface area (Å²) >= 11 is 0.919. The lowest BCUT2D eigenvalue weighted by Gasteiger charge is -2.23. The molecule has 0 bridgehead atoms. The van der Waals surface area contributed by atoms with Crippen LogP contribution in [0.4, 0.5) is 9.52 Å². The van der Waals surface area contributed by atoms with Gasteiger partial charge in [0.2, 0.25) is 0 Å². The summed E-state index contributed by atoms with van der Waals surface area (Å²) in [5, 5.41) is 11.3. The van der Waals surface area contributed by atoms with Gasteiger partial charge in [0.05, 0.1) is 24.4 Å². The van der Waals surface area contributed by atoms with Gasteiger partial charge in [-0.3, -0.25) is 14.5 Å². The zero-order valence-corrected chi connectivity index (χ0v) is 21.3. The fourth-order valence-electron chi connectivity index (χ4n) is 4.07. The lowest BCUT2D eigenvalue weighted by molar-refractivity contribution is -0.132. The molecular weight excluding hydrogens is 483 g/mol. The van der Waals surface area contributed by atoms with Gasteiger partial charge in [-0.1, -0.05) is 61.6 Å². The number of aliphatic hydroxyl groups excluding tert-OH is 1. The second-order valence-electron chi connectivity index (χ2n) is 8.86. The molecule has 0 saturated carbocycles. The van der Waals surface area contributed by atoms with Crippen LogP contribution in [0.2, 0.25) is 0 Å². The summed E-state index contributed by atoms with van der Waals surface area (Å²) in [5.74, 6) is -3.24. The van der Waals surface area contributed by atoms with Crippen molar-refractivity contribution in [1.82, 2.24) is 4.98 Å². The minimum absolute atomic E-state index is 0.0745. The van der Waals surface area contributed by atoms with Crippen molar-refractivity contribution in [2.75, 3.05) is 12.0 Å². The Kier molecular flexibility index (Phi) is 6.77. The number of hydrogen-bond donors (Lipinski definition) is 1. The molecule has 1 aliphatic rings. The first-order valence-corrected chi connectivity index (χ1v) is 12.1. The number of thiazole rings is 1. The molecule has 1 N–H and O–H groups in total. The maximum absolute atomic E-state index is 14.3. The minimum Gasteiger partial charge on any atom is -0.507 e. The van der Waals surface area contributed by atoms with E-state index in [2.05, 4.69) is 4.98 Å². The average Bonchev–Trinajstić information content (AvgIpc) is 3.36. The first kappa shape index (κ1) is 25.2. The molecule has 0 radical (unpaired) electrons. The van der Waals surface area contributed by atoms with Crippen molar-refractivity contribution in [1.29, 1.82) is 0 Å². The van der Waals surface area contributed by atoms with Crippen molar-refractivity contribution in [3.63, 3.8) is 0 Å². The first-order chi connectivity index (χ1) is 17.0. The van der Waals surface area contributed by atoms with Gasteiger partial charge >= 0.3 is 11.9 Å². The number of nitrogens with zero attached hydrogens (tertiary/aromatic N) is 2. The van der Waals surface area contributed by atoms with Crippen LogP contribution in [0.5, 0.6) is 0 Å². The third-order valence-corrected chi connectivity index (χ3v) is 7.31. The summed E-state index contributed by atoms with van der Waals surface area (Å²) in [5.41, 5.74) is 2.22. The summed E-state index contributed by atoms with van der Waals surface area (Å²) in [6.45, 7) is 7.27. The monoisotopic (exact) mass is 508 g/mol. The molecule has 36 heavy (non-hydrogen) atoms. The van der Waals surface area contributed by atoms with Gasteiger partial charge in [-0.2, -0.15) is 0 Å². The van der Waals surface area contributed by atoms with Gasteiger partial charge in [-0.05, 0) is 42.5 Å². The highest BCUT2D eigenvalue weighted by Crippen LogP contribution is 2.44. The fourth-order valence-corrected chi connectivity index (χ4v) is 5.08. The Labute approximate surface area is 211 Å². The second kappa shape index (κ2) is 9.66. The predicted octanol–water partition coefficient (Wildman–Crippen LogP) is 5.44. The Morgan fingerprint density at radius 3 is 2.39 bits per heavy atom. The van der Waals surface area contributed by atoms with Gasteiger partial charge < -0.3 is 9.84 Å². The molecule has 2 heterocycles. The molecule has 9 heteroatoms. The molecule has 1 saturated heterocycles. The van der Waals surface area contributed by atoms with Crippen LogP contribution in [0.1, 0.15) is 63.4 Å². The zero-order chi connectivity index (χ0) is 26.3. The van der Waals surface area contributed by atoms with Gasteiger partial charge in [0.15, 0.2) is 5.13 Å². The number of aliphatic hydroxyl groups is 1. The molecule has 4 rings (SSSR count). The maximum atomic E-state index is 14.3. The fraction of sp³-hybridized carbons (Fsp3) is 0.259. The maximum Gasteiger partial charge on any atom is 0.350 e. The van der Waals surface area contributed by atoms with Crippen LogP contribution < -0.4 is 4.90 Å². The van der Waals surface area contributed by atoms with Crippen molar-refractivity contribution < 1.29 is 28.6 Å². The summed E-state index contributed by atoms with van der Waals surface area (Å²) in [6, 6.07) is 10.4. The molecule has 1 aliphatic heterocycles. The zero-order valence-electron chi connectivity index (χ0n) is 20.5. The number of hydrogen-bond acceptors (Lipinski definition) is 7. The van der Waals surface area contributed by atoms with Gasteiger partial charge in [-0.25, -0.2) is 14.2 Å². The van der Waals surface area contributed by atoms with E-state index < -0.39 is 35.3 Å². The Morgan fingerprint density at radius 1 is 1.14 bits per heavy atom. The Balaban J connectivity index is 1.94. The van der Waals surface area contributed by atoms with Crippen LogP contribution in [-0.2, 0) is 14.3 Å². The predicted molar refractivity (Wildman–Crippen MR) is 135 cm³/mol. The highest BCUT2D eigenvalue weighted by molar-refractivity contribution is 7.17. The van der Waals surface area contributed by atoms with Crippen molar-refractivity contribution in [3.8, 4) is 0 Å². The Morgan fingerprint density at radius 2 is 1.81 bits per heavy atom. The SMILES string of the molecule is COC(=O)c1sc(N2C(=O)C(=O)/C(=C(/O)c3ccc(C)c(F)c3)C2c2ccc(C(C)C)cc2)nc1C. The highest BCUT2D eigenvalue weighted by atomic mass is 32.1. The number of aromatic nitrogens is 1. The van der Waals surface area contributed by atoms with E-state index in [4.69, 9.17) is 4.74 Å².